The summed E-state index contributed by atoms with van der Waals surface area (Å²) in [5.74, 6) is -0.382. The number of halogens is 1. The lowest BCUT2D eigenvalue weighted by Crippen LogP contribution is -2.59. The average molecular weight is 444 g/mol. The van der Waals surface area contributed by atoms with Crippen LogP contribution in [0.15, 0.2) is 48.5 Å². The number of nitrogens with zero attached hydrogens (tertiary/aromatic N) is 3. The molecule has 8 heteroatoms. The lowest BCUT2D eigenvalue weighted by atomic mass is 10.1. The Morgan fingerprint density at radius 2 is 1.68 bits per heavy atom. The van der Waals surface area contributed by atoms with Crippen molar-refractivity contribution in [3.63, 3.8) is 0 Å². The van der Waals surface area contributed by atoms with Gasteiger partial charge >= 0.3 is 12.0 Å². The smallest absolute Gasteiger partial charge is 0.337 e. The normalized spacial score (nSPS) is 17.2. The number of esters is 1. The van der Waals surface area contributed by atoms with Crippen LogP contribution in [-0.2, 0) is 16.0 Å². The molecule has 0 aromatic heterocycles. The van der Waals surface area contributed by atoms with Crippen molar-refractivity contribution in [1.29, 1.82) is 0 Å². The molecule has 2 aromatic rings. The van der Waals surface area contributed by atoms with Gasteiger partial charge in [0.2, 0.25) is 0 Å². The highest BCUT2D eigenvalue weighted by Crippen LogP contribution is 2.23. The van der Waals surface area contributed by atoms with Crippen molar-refractivity contribution >= 4 is 29.3 Å². The summed E-state index contributed by atoms with van der Waals surface area (Å²) in [6.07, 6.45) is 0. The van der Waals surface area contributed by atoms with E-state index in [-0.39, 0.29) is 12.0 Å². The third kappa shape index (κ3) is 5.01. The van der Waals surface area contributed by atoms with Gasteiger partial charge in [0.05, 0.1) is 38.5 Å². The molecular formula is C23H26ClN3O4. The molecule has 31 heavy (non-hydrogen) atoms. The minimum absolute atomic E-state index is 0.0381. The number of methoxy groups -OCH3 is 1. The minimum atomic E-state index is -0.382. The van der Waals surface area contributed by atoms with E-state index in [0.717, 1.165) is 37.6 Å². The summed E-state index contributed by atoms with van der Waals surface area (Å²) in [4.78, 5) is 31.2. The molecule has 0 radical (unpaired) electrons. The van der Waals surface area contributed by atoms with Gasteiger partial charge < -0.3 is 14.4 Å². The number of anilines is 1. The third-order valence-electron chi connectivity index (χ3n) is 5.81. The van der Waals surface area contributed by atoms with Crippen LogP contribution in [0.3, 0.4) is 0 Å². The maximum absolute atomic E-state index is 13.5. The Kier molecular flexibility index (Phi) is 6.75. The molecule has 2 fully saturated rings. The van der Waals surface area contributed by atoms with E-state index in [2.05, 4.69) is 4.90 Å². The van der Waals surface area contributed by atoms with Gasteiger partial charge in [-0.2, -0.15) is 0 Å². The molecule has 2 saturated heterocycles. The fourth-order valence-corrected chi connectivity index (χ4v) is 3.95. The first kappa shape index (κ1) is 21.6. The topological polar surface area (TPSA) is 62.3 Å². The highest BCUT2D eigenvalue weighted by molar-refractivity contribution is 6.30. The van der Waals surface area contributed by atoms with Crippen LogP contribution >= 0.6 is 11.6 Å². The van der Waals surface area contributed by atoms with Gasteiger partial charge in [0.25, 0.3) is 0 Å². The lowest BCUT2D eigenvalue weighted by molar-refractivity contribution is -0.0738. The molecular weight excluding hydrogens is 418 g/mol. The number of benzene rings is 2. The van der Waals surface area contributed by atoms with E-state index in [9.17, 15) is 9.59 Å². The molecule has 2 amide bonds. The molecule has 0 aliphatic carbocycles. The number of piperazine rings is 1. The Morgan fingerprint density at radius 3 is 2.23 bits per heavy atom. The van der Waals surface area contributed by atoms with E-state index in [4.69, 9.17) is 21.1 Å². The van der Waals surface area contributed by atoms with Crippen LogP contribution < -0.4 is 4.90 Å². The second-order valence-corrected chi connectivity index (χ2v) is 8.18. The maximum atomic E-state index is 13.5. The van der Waals surface area contributed by atoms with Gasteiger partial charge in [-0.3, -0.25) is 9.80 Å². The Labute approximate surface area is 187 Å². The van der Waals surface area contributed by atoms with Crippen molar-refractivity contribution in [2.45, 2.75) is 12.6 Å². The molecule has 0 saturated carbocycles. The Balaban J connectivity index is 1.49. The van der Waals surface area contributed by atoms with E-state index < -0.39 is 0 Å². The molecule has 0 spiro atoms. The number of ether oxygens (including phenoxy) is 2. The number of carbonyl (C=O) groups excluding carboxylic acids is 2. The van der Waals surface area contributed by atoms with Crippen LogP contribution in [0.4, 0.5) is 10.5 Å². The molecule has 0 unspecified atom stereocenters. The molecule has 0 N–H and O–H groups in total. The van der Waals surface area contributed by atoms with Crippen molar-refractivity contribution in [2.24, 2.45) is 0 Å². The third-order valence-corrected chi connectivity index (χ3v) is 6.06. The summed E-state index contributed by atoms with van der Waals surface area (Å²) in [6.45, 7) is 5.02. The van der Waals surface area contributed by atoms with Crippen LogP contribution in [0.1, 0.15) is 15.9 Å². The van der Waals surface area contributed by atoms with Crippen LogP contribution in [0.5, 0.6) is 0 Å². The van der Waals surface area contributed by atoms with Gasteiger partial charge in [0, 0.05) is 36.9 Å². The Bertz CT molecular complexity index is 907. The number of rotatable bonds is 5. The molecule has 2 aromatic carbocycles. The highest BCUT2D eigenvalue weighted by atomic mass is 35.5. The van der Waals surface area contributed by atoms with Gasteiger partial charge in [0.15, 0.2) is 0 Å². The van der Waals surface area contributed by atoms with Crippen LogP contribution in [0.25, 0.3) is 0 Å². The molecule has 0 bridgehead atoms. The van der Waals surface area contributed by atoms with Crippen LogP contribution in [0.2, 0.25) is 5.02 Å². The average Bonchev–Trinajstić information content (AvgIpc) is 2.77. The molecule has 7 nitrogen and oxygen atoms in total. The molecule has 2 aliphatic rings. The standard InChI is InChI=1S/C23H26ClN3O4/c1-30-22(28)18-4-2-17(3-5-18)14-27(20-8-6-19(24)7-9-20)23(29)26-12-10-25(11-13-26)21-15-31-16-21/h2-9,21H,10-16H2,1H3. The van der Waals surface area contributed by atoms with E-state index in [1.54, 1.807) is 29.2 Å². The lowest BCUT2D eigenvalue weighted by Gasteiger charge is -2.43. The fourth-order valence-electron chi connectivity index (χ4n) is 3.82. The zero-order valence-corrected chi connectivity index (χ0v) is 18.3. The van der Waals surface area contributed by atoms with Crippen LogP contribution in [-0.4, -0.2) is 74.3 Å². The molecule has 0 atom stereocenters. The van der Waals surface area contributed by atoms with Crippen molar-refractivity contribution < 1.29 is 19.1 Å². The van der Waals surface area contributed by atoms with Gasteiger partial charge in [-0.1, -0.05) is 23.7 Å². The summed E-state index contributed by atoms with van der Waals surface area (Å²) in [7, 11) is 1.36. The number of hydrogen-bond donors (Lipinski definition) is 0. The fraction of sp³-hybridized carbons (Fsp3) is 0.391. The van der Waals surface area contributed by atoms with E-state index >= 15 is 0 Å². The first-order valence-corrected chi connectivity index (χ1v) is 10.7. The predicted octanol–water partition coefficient (Wildman–Crippen LogP) is 3.27. The van der Waals surface area contributed by atoms with Crippen molar-refractivity contribution in [2.75, 3.05) is 51.4 Å². The monoisotopic (exact) mass is 443 g/mol. The summed E-state index contributed by atoms with van der Waals surface area (Å²) in [5, 5.41) is 0.620. The zero-order chi connectivity index (χ0) is 21.8. The molecule has 164 valence electrons. The Hall–Kier alpha value is -2.61. The van der Waals surface area contributed by atoms with E-state index in [0.29, 0.717) is 36.3 Å². The number of carbonyl (C=O) groups is 2. The van der Waals surface area contributed by atoms with Crippen LogP contribution in [0, 0.1) is 0 Å². The predicted molar refractivity (Wildman–Crippen MR) is 119 cm³/mol. The Morgan fingerprint density at radius 1 is 1.03 bits per heavy atom. The minimum Gasteiger partial charge on any atom is -0.465 e. The van der Waals surface area contributed by atoms with Crippen molar-refractivity contribution in [1.82, 2.24) is 9.80 Å². The zero-order valence-electron chi connectivity index (χ0n) is 17.5. The quantitative estimate of drug-likeness (QED) is 0.664. The van der Waals surface area contributed by atoms with Gasteiger partial charge in [-0.25, -0.2) is 9.59 Å². The summed E-state index contributed by atoms with van der Waals surface area (Å²) in [6, 6.07) is 14.8. The molecule has 2 aliphatic heterocycles. The molecule has 2 heterocycles. The van der Waals surface area contributed by atoms with E-state index in [1.807, 2.05) is 29.2 Å². The summed E-state index contributed by atoms with van der Waals surface area (Å²) >= 11 is 6.06. The van der Waals surface area contributed by atoms with Gasteiger partial charge in [-0.05, 0) is 42.0 Å². The second-order valence-electron chi connectivity index (χ2n) is 7.75. The number of amides is 2. The van der Waals surface area contributed by atoms with Gasteiger partial charge in [0.1, 0.15) is 0 Å². The molecule has 4 rings (SSSR count). The first-order chi connectivity index (χ1) is 15.0. The number of hydrogen-bond acceptors (Lipinski definition) is 5. The largest absolute Gasteiger partial charge is 0.465 e. The van der Waals surface area contributed by atoms with Gasteiger partial charge in [-0.15, -0.1) is 0 Å². The number of urea groups is 1. The maximum Gasteiger partial charge on any atom is 0.337 e. The SMILES string of the molecule is COC(=O)c1ccc(CN(C(=O)N2CCN(C3COC3)CC2)c2ccc(Cl)cc2)cc1. The highest BCUT2D eigenvalue weighted by Gasteiger charge is 2.32. The second kappa shape index (κ2) is 9.68. The van der Waals surface area contributed by atoms with Crippen molar-refractivity contribution in [3.8, 4) is 0 Å². The van der Waals surface area contributed by atoms with Crippen molar-refractivity contribution in [3.05, 3.63) is 64.7 Å². The summed E-state index contributed by atoms with van der Waals surface area (Å²) in [5.41, 5.74) is 2.18. The summed E-state index contributed by atoms with van der Waals surface area (Å²) < 4.78 is 10.1. The van der Waals surface area contributed by atoms with E-state index in [1.165, 1.54) is 7.11 Å². The first-order valence-electron chi connectivity index (χ1n) is 10.4.